The van der Waals surface area contributed by atoms with Gasteiger partial charge in [0.1, 0.15) is 11.5 Å². The lowest BCUT2D eigenvalue weighted by Gasteiger charge is -2.28. The minimum Gasteiger partial charge on any atom is -0.457 e. The molecular formula is C33H29ClN4OS. The number of hydrogen-bond acceptors (Lipinski definition) is 3. The average molecular weight is 565 g/mol. The van der Waals surface area contributed by atoms with Gasteiger partial charge in [0.25, 0.3) is 0 Å². The Hall–Kier alpha value is -4.13. The number of nitrogens with zero attached hydrogens (tertiary/aromatic N) is 3. The first-order valence-electron chi connectivity index (χ1n) is 13.2. The molecule has 3 aromatic carbocycles. The molecule has 1 aliphatic heterocycles. The summed E-state index contributed by atoms with van der Waals surface area (Å²) >= 11 is 12.5. The molecule has 1 N–H and O–H groups in total. The zero-order chi connectivity index (χ0) is 27.8. The number of benzene rings is 3. The van der Waals surface area contributed by atoms with E-state index in [9.17, 15) is 0 Å². The van der Waals surface area contributed by atoms with Crippen molar-refractivity contribution in [2.45, 2.75) is 32.9 Å². The molecule has 0 saturated carbocycles. The van der Waals surface area contributed by atoms with Crippen LogP contribution in [0.25, 0.3) is 5.69 Å². The SMILES string of the molecule is Cc1c(Cl)cccc1-n1c(C)cc([C@@H]2[C@H](c3ccccn3)NC(=S)N2c2ccc(Oc3ccccc3)cc2)c1C. The van der Waals surface area contributed by atoms with E-state index < -0.39 is 0 Å². The summed E-state index contributed by atoms with van der Waals surface area (Å²) in [6.45, 7) is 6.35. The minimum absolute atomic E-state index is 0.122. The summed E-state index contributed by atoms with van der Waals surface area (Å²) in [5, 5.41) is 4.98. The number of hydrogen-bond donors (Lipinski definition) is 1. The van der Waals surface area contributed by atoms with Crippen molar-refractivity contribution in [2.75, 3.05) is 4.90 Å². The first kappa shape index (κ1) is 26.1. The van der Waals surface area contributed by atoms with Gasteiger partial charge in [0, 0.05) is 34.0 Å². The van der Waals surface area contributed by atoms with Gasteiger partial charge in [-0.25, -0.2) is 0 Å². The Balaban J connectivity index is 1.44. The van der Waals surface area contributed by atoms with Crippen LogP contribution in [0.15, 0.2) is 103 Å². The quantitative estimate of drug-likeness (QED) is 0.210. The normalized spacial score (nSPS) is 16.7. The fraction of sp³-hybridized carbons (Fsp3) is 0.152. The molecule has 200 valence electrons. The summed E-state index contributed by atoms with van der Waals surface area (Å²) in [7, 11) is 0. The summed E-state index contributed by atoms with van der Waals surface area (Å²) in [6.07, 6.45) is 1.83. The second-order valence-corrected chi connectivity index (χ2v) is 10.7. The zero-order valence-electron chi connectivity index (χ0n) is 22.5. The third kappa shape index (κ3) is 4.74. The minimum atomic E-state index is -0.136. The maximum atomic E-state index is 6.52. The van der Waals surface area contributed by atoms with E-state index in [1.807, 2.05) is 79.0 Å². The van der Waals surface area contributed by atoms with Crippen LogP contribution in [0, 0.1) is 20.8 Å². The van der Waals surface area contributed by atoms with Crippen LogP contribution in [0.2, 0.25) is 5.02 Å². The predicted octanol–water partition coefficient (Wildman–Crippen LogP) is 8.42. The molecule has 7 heteroatoms. The van der Waals surface area contributed by atoms with Gasteiger partial charge in [-0.05, 0) is 111 Å². The number of halogens is 1. The van der Waals surface area contributed by atoms with Gasteiger partial charge >= 0.3 is 0 Å². The van der Waals surface area contributed by atoms with Crippen LogP contribution in [0.4, 0.5) is 5.69 Å². The van der Waals surface area contributed by atoms with Crippen LogP contribution >= 0.6 is 23.8 Å². The zero-order valence-corrected chi connectivity index (χ0v) is 24.1. The summed E-state index contributed by atoms with van der Waals surface area (Å²) in [5.41, 5.74) is 7.46. The van der Waals surface area contributed by atoms with Crippen molar-refractivity contribution in [3.8, 4) is 17.2 Å². The standard InChI is InChI=1S/C33H29ClN4OS/c1-21-20-27(23(3)37(21)30-14-9-12-28(34)22(30)2)32-31(29-13-7-8-19-35-29)36-33(40)38(32)24-15-17-26(18-16-24)39-25-10-5-4-6-11-25/h4-20,31-32H,1-3H3,(H,36,40)/t31-,32+/m0/s1. The lowest BCUT2D eigenvalue weighted by atomic mass is 9.96. The number of para-hydroxylation sites is 1. The Bertz CT molecular complexity index is 1670. The molecule has 3 heterocycles. The summed E-state index contributed by atoms with van der Waals surface area (Å²) in [4.78, 5) is 6.90. The van der Waals surface area contributed by atoms with Crippen LogP contribution in [0.1, 0.15) is 40.3 Å². The second kappa shape index (κ2) is 10.8. The van der Waals surface area contributed by atoms with E-state index in [0.717, 1.165) is 50.5 Å². The Labute approximate surface area is 245 Å². The number of nitrogens with one attached hydrogen (secondary N) is 1. The molecule has 2 atom stereocenters. The smallest absolute Gasteiger partial charge is 0.174 e. The van der Waals surface area contributed by atoms with Crippen molar-refractivity contribution in [2.24, 2.45) is 0 Å². The number of anilines is 1. The van der Waals surface area contributed by atoms with Gasteiger partial charge in [0.05, 0.1) is 17.8 Å². The van der Waals surface area contributed by atoms with E-state index in [4.69, 9.17) is 33.5 Å². The maximum Gasteiger partial charge on any atom is 0.174 e. The van der Waals surface area contributed by atoms with Gasteiger partial charge in [-0.15, -0.1) is 0 Å². The summed E-state index contributed by atoms with van der Waals surface area (Å²) in [5.74, 6) is 1.56. The molecule has 0 aliphatic carbocycles. The van der Waals surface area contributed by atoms with Gasteiger partial charge in [-0.2, -0.15) is 0 Å². The van der Waals surface area contributed by atoms with Crippen LogP contribution in [0.3, 0.4) is 0 Å². The average Bonchev–Trinajstić information content (AvgIpc) is 3.46. The number of aryl methyl sites for hydroxylation is 1. The lowest BCUT2D eigenvalue weighted by Crippen LogP contribution is -2.29. The van der Waals surface area contributed by atoms with Crippen molar-refractivity contribution >= 4 is 34.6 Å². The fourth-order valence-corrected chi connectivity index (χ4v) is 6.06. The molecule has 0 spiro atoms. The van der Waals surface area contributed by atoms with Crippen LogP contribution in [-0.2, 0) is 0 Å². The van der Waals surface area contributed by atoms with Gasteiger partial charge in [-0.1, -0.05) is 41.9 Å². The largest absolute Gasteiger partial charge is 0.457 e. The molecule has 40 heavy (non-hydrogen) atoms. The predicted molar refractivity (Wildman–Crippen MR) is 166 cm³/mol. The molecule has 1 fully saturated rings. The number of ether oxygens (including phenoxy) is 1. The number of pyridine rings is 1. The van der Waals surface area contributed by atoms with Crippen LogP contribution in [0.5, 0.6) is 11.5 Å². The van der Waals surface area contributed by atoms with Gasteiger partial charge in [0.15, 0.2) is 5.11 Å². The van der Waals surface area contributed by atoms with Crippen LogP contribution < -0.4 is 15.0 Å². The molecule has 0 unspecified atom stereocenters. The first-order chi connectivity index (χ1) is 19.4. The van der Waals surface area contributed by atoms with E-state index in [2.05, 4.69) is 59.8 Å². The monoisotopic (exact) mass is 564 g/mol. The Morgan fingerprint density at radius 3 is 2.30 bits per heavy atom. The third-order valence-electron chi connectivity index (χ3n) is 7.46. The highest BCUT2D eigenvalue weighted by atomic mass is 35.5. The Kier molecular flexibility index (Phi) is 7.05. The highest BCUT2D eigenvalue weighted by molar-refractivity contribution is 7.80. The van der Waals surface area contributed by atoms with Crippen molar-refractivity contribution in [3.63, 3.8) is 0 Å². The molecular weight excluding hydrogens is 536 g/mol. The molecule has 6 rings (SSSR count). The molecule has 0 radical (unpaired) electrons. The molecule has 2 aromatic heterocycles. The van der Waals surface area contributed by atoms with E-state index in [-0.39, 0.29) is 12.1 Å². The Morgan fingerprint density at radius 2 is 1.57 bits per heavy atom. The number of rotatable bonds is 6. The van der Waals surface area contributed by atoms with E-state index in [0.29, 0.717) is 5.11 Å². The molecule has 0 bridgehead atoms. The lowest BCUT2D eigenvalue weighted by molar-refractivity contribution is 0.482. The second-order valence-electron chi connectivity index (χ2n) is 9.95. The molecule has 1 saturated heterocycles. The number of thiocarbonyl (C=S) groups is 1. The van der Waals surface area contributed by atoms with Gasteiger partial charge < -0.3 is 19.5 Å². The van der Waals surface area contributed by atoms with E-state index in [1.54, 1.807) is 0 Å². The number of aromatic nitrogens is 2. The third-order valence-corrected chi connectivity index (χ3v) is 8.18. The fourth-order valence-electron chi connectivity index (χ4n) is 5.54. The molecule has 5 aromatic rings. The molecule has 1 aliphatic rings. The van der Waals surface area contributed by atoms with Gasteiger partial charge in [0.2, 0.25) is 0 Å². The van der Waals surface area contributed by atoms with Crippen molar-refractivity contribution in [1.82, 2.24) is 14.9 Å². The summed E-state index contributed by atoms with van der Waals surface area (Å²) < 4.78 is 8.32. The van der Waals surface area contributed by atoms with Gasteiger partial charge in [-0.3, -0.25) is 4.98 Å². The highest BCUT2D eigenvalue weighted by Gasteiger charge is 2.42. The van der Waals surface area contributed by atoms with E-state index in [1.165, 1.54) is 5.56 Å². The molecule has 0 amide bonds. The first-order valence-corrected chi connectivity index (χ1v) is 14.0. The van der Waals surface area contributed by atoms with Crippen molar-refractivity contribution in [1.29, 1.82) is 0 Å². The Morgan fingerprint density at radius 1 is 0.850 bits per heavy atom. The maximum absolute atomic E-state index is 6.52. The van der Waals surface area contributed by atoms with Crippen LogP contribution in [-0.4, -0.2) is 14.7 Å². The highest BCUT2D eigenvalue weighted by Crippen LogP contribution is 2.44. The van der Waals surface area contributed by atoms with Crippen molar-refractivity contribution in [3.05, 3.63) is 136 Å². The topological polar surface area (TPSA) is 42.3 Å². The van der Waals surface area contributed by atoms with E-state index >= 15 is 0 Å². The van der Waals surface area contributed by atoms with Crippen molar-refractivity contribution < 1.29 is 4.74 Å². The summed E-state index contributed by atoms with van der Waals surface area (Å²) in [6, 6.07) is 31.9. The molecule has 5 nitrogen and oxygen atoms in total.